The third-order valence-corrected chi connectivity index (χ3v) is 5.36. The highest BCUT2D eigenvalue weighted by Crippen LogP contribution is 2.27. The van der Waals surface area contributed by atoms with Crippen molar-refractivity contribution in [3.8, 4) is 0 Å². The fraction of sp³-hybridized carbons (Fsp3) is 0.455. The molecule has 1 aromatic heterocycles. The average molecular weight is 380 g/mol. The molecule has 6 nitrogen and oxygen atoms in total. The first-order chi connectivity index (χ1) is 13.4. The van der Waals surface area contributed by atoms with Crippen LogP contribution in [0.2, 0.25) is 0 Å². The van der Waals surface area contributed by atoms with E-state index < -0.39 is 0 Å². The Labute approximate surface area is 166 Å². The molecule has 2 heterocycles. The summed E-state index contributed by atoms with van der Waals surface area (Å²) < 4.78 is 0. The molecule has 0 saturated carbocycles. The summed E-state index contributed by atoms with van der Waals surface area (Å²) in [5, 5.41) is 0. The molecule has 0 bridgehead atoms. The number of carbonyl (C=O) groups excluding carboxylic acids is 2. The van der Waals surface area contributed by atoms with E-state index in [2.05, 4.69) is 0 Å². The maximum atomic E-state index is 12.8. The molecular weight excluding hydrogens is 352 g/mol. The van der Waals surface area contributed by atoms with E-state index in [1.165, 1.54) is 0 Å². The van der Waals surface area contributed by atoms with Gasteiger partial charge in [0.15, 0.2) is 0 Å². The third-order valence-electron chi connectivity index (χ3n) is 5.36. The highest BCUT2D eigenvalue weighted by atomic mass is 16.2. The van der Waals surface area contributed by atoms with E-state index >= 15 is 0 Å². The molecule has 1 aliphatic rings. The molecule has 0 aliphatic carbocycles. The summed E-state index contributed by atoms with van der Waals surface area (Å²) in [6.45, 7) is 5.26. The molecule has 0 radical (unpaired) electrons. The molecule has 3 rings (SSSR count). The number of piperidine rings is 1. The van der Waals surface area contributed by atoms with Gasteiger partial charge in [0.05, 0.1) is 6.42 Å². The lowest BCUT2D eigenvalue weighted by Gasteiger charge is -2.32. The number of likely N-dealkylation sites (N-methyl/N-ethyl adjacent to an activating group) is 1. The van der Waals surface area contributed by atoms with Crippen LogP contribution in [0.15, 0.2) is 30.3 Å². The van der Waals surface area contributed by atoms with Crippen LogP contribution in [0.3, 0.4) is 0 Å². The molecule has 0 spiro atoms. The van der Waals surface area contributed by atoms with Gasteiger partial charge in [-0.15, -0.1) is 0 Å². The van der Waals surface area contributed by atoms with Gasteiger partial charge in [0.2, 0.25) is 5.91 Å². The predicted molar refractivity (Wildman–Crippen MR) is 108 cm³/mol. The minimum absolute atomic E-state index is 0.0415. The summed E-state index contributed by atoms with van der Waals surface area (Å²) in [6.07, 6.45) is 2.22. The monoisotopic (exact) mass is 380 g/mol. The van der Waals surface area contributed by atoms with Gasteiger partial charge in [-0.2, -0.15) is 0 Å². The number of nitrogens with zero attached hydrogens (tertiary/aromatic N) is 4. The van der Waals surface area contributed by atoms with Crippen LogP contribution in [0.25, 0.3) is 0 Å². The Morgan fingerprint density at radius 3 is 2.36 bits per heavy atom. The summed E-state index contributed by atoms with van der Waals surface area (Å²) >= 11 is 0. The second-order valence-corrected chi connectivity index (χ2v) is 7.65. The first-order valence-electron chi connectivity index (χ1n) is 9.75. The van der Waals surface area contributed by atoms with E-state index in [0.29, 0.717) is 18.5 Å². The standard InChI is InChI=1S/C22H28N4O2/c1-15-19(13-20(27)25(3)4)16(2)24-21(23-15)18-11-8-12-26(14-18)22(28)17-9-6-5-7-10-17/h5-7,9-10,18H,8,11-14H2,1-4H3/t18-/m0/s1. The summed E-state index contributed by atoms with van der Waals surface area (Å²) in [4.78, 5) is 37.8. The van der Waals surface area contributed by atoms with Crippen LogP contribution in [0, 0.1) is 13.8 Å². The van der Waals surface area contributed by atoms with Crippen molar-refractivity contribution in [2.24, 2.45) is 0 Å². The van der Waals surface area contributed by atoms with E-state index in [9.17, 15) is 9.59 Å². The quantitative estimate of drug-likeness (QED) is 0.818. The second-order valence-electron chi connectivity index (χ2n) is 7.65. The van der Waals surface area contributed by atoms with Crippen molar-refractivity contribution in [2.45, 2.75) is 39.0 Å². The first-order valence-corrected chi connectivity index (χ1v) is 9.75. The van der Waals surface area contributed by atoms with E-state index in [0.717, 1.165) is 42.2 Å². The van der Waals surface area contributed by atoms with Crippen molar-refractivity contribution in [3.05, 3.63) is 58.7 Å². The minimum Gasteiger partial charge on any atom is -0.349 e. The van der Waals surface area contributed by atoms with E-state index in [4.69, 9.17) is 9.97 Å². The van der Waals surface area contributed by atoms with Crippen molar-refractivity contribution >= 4 is 11.8 Å². The fourth-order valence-electron chi connectivity index (χ4n) is 3.65. The molecule has 0 N–H and O–H groups in total. The molecule has 1 aliphatic heterocycles. The Morgan fingerprint density at radius 1 is 1.11 bits per heavy atom. The molecule has 1 fully saturated rings. The summed E-state index contributed by atoms with van der Waals surface area (Å²) in [5.41, 5.74) is 3.32. The van der Waals surface area contributed by atoms with Gasteiger partial charge >= 0.3 is 0 Å². The Balaban J connectivity index is 1.78. The van der Waals surface area contributed by atoms with Gasteiger partial charge in [-0.1, -0.05) is 18.2 Å². The van der Waals surface area contributed by atoms with E-state index in [1.54, 1.807) is 19.0 Å². The zero-order chi connectivity index (χ0) is 20.3. The highest BCUT2D eigenvalue weighted by molar-refractivity contribution is 5.94. The molecular formula is C22H28N4O2. The fourth-order valence-corrected chi connectivity index (χ4v) is 3.65. The zero-order valence-electron chi connectivity index (χ0n) is 17.1. The van der Waals surface area contributed by atoms with Crippen LogP contribution in [0.4, 0.5) is 0 Å². The first kappa shape index (κ1) is 20.0. The lowest BCUT2D eigenvalue weighted by Crippen LogP contribution is -2.39. The number of amides is 2. The largest absolute Gasteiger partial charge is 0.349 e. The van der Waals surface area contributed by atoms with Crippen molar-refractivity contribution in [3.63, 3.8) is 0 Å². The zero-order valence-corrected chi connectivity index (χ0v) is 17.1. The van der Waals surface area contributed by atoms with Crippen molar-refractivity contribution in [1.82, 2.24) is 19.8 Å². The SMILES string of the molecule is Cc1nc([C@H]2CCCN(C(=O)c3ccccc3)C2)nc(C)c1CC(=O)N(C)C. The number of benzene rings is 1. The Kier molecular flexibility index (Phi) is 6.07. The third kappa shape index (κ3) is 4.38. The minimum atomic E-state index is 0.0415. The molecule has 2 amide bonds. The molecule has 148 valence electrons. The number of aromatic nitrogens is 2. The van der Waals surface area contributed by atoms with Crippen molar-refractivity contribution in [1.29, 1.82) is 0 Å². The number of hydrogen-bond acceptors (Lipinski definition) is 4. The number of likely N-dealkylation sites (tertiary alicyclic amines) is 1. The lowest BCUT2D eigenvalue weighted by atomic mass is 9.95. The predicted octanol–water partition coefficient (Wildman–Crippen LogP) is 2.74. The molecule has 2 aromatic rings. The molecule has 6 heteroatoms. The summed E-state index contributed by atoms with van der Waals surface area (Å²) in [5.74, 6) is 1.01. The Hall–Kier alpha value is -2.76. The lowest BCUT2D eigenvalue weighted by molar-refractivity contribution is -0.128. The van der Waals surface area contributed by atoms with Gasteiger partial charge in [-0.3, -0.25) is 9.59 Å². The summed E-state index contributed by atoms with van der Waals surface area (Å²) in [7, 11) is 3.51. The summed E-state index contributed by atoms with van der Waals surface area (Å²) in [6, 6.07) is 9.40. The smallest absolute Gasteiger partial charge is 0.253 e. The van der Waals surface area contributed by atoms with Gasteiger partial charge in [0.25, 0.3) is 5.91 Å². The van der Waals surface area contributed by atoms with Crippen LogP contribution in [0.1, 0.15) is 51.9 Å². The van der Waals surface area contributed by atoms with Crippen LogP contribution in [0.5, 0.6) is 0 Å². The van der Waals surface area contributed by atoms with Crippen LogP contribution < -0.4 is 0 Å². The maximum absolute atomic E-state index is 12.8. The number of carbonyl (C=O) groups is 2. The van der Waals surface area contributed by atoms with Crippen molar-refractivity contribution < 1.29 is 9.59 Å². The van der Waals surface area contributed by atoms with E-state index in [-0.39, 0.29) is 17.7 Å². The molecule has 1 atom stereocenters. The van der Waals surface area contributed by atoms with Gasteiger partial charge in [0.1, 0.15) is 5.82 Å². The molecule has 1 saturated heterocycles. The maximum Gasteiger partial charge on any atom is 0.253 e. The van der Waals surface area contributed by atoms with Gasteiger partial charge in [-0.05, 0) is 38.8 Å². The number of aryl methyl sites for hydroxylation is 2. The topological polar surface area (TPSA) is 66.4 Å². The van der Waals surface area contributed by atoms with Gasteiger partial charge in [-0.25, -0.2) is 9.97 Å². The molecule has 0 unspecified atom stereocenters. The van der Waals surface area contributed by atoms with Crippen LogP contribution >= 0.6 is 0 Å². The Morgan fingerprint density at radius 2 is 1.75 bits per heavy atom. The average Bonchev–Trinajstić information content (AvgIpc) is 2.70. The molecule has 1 aromatic carbocycles. The normalized spacial score (nSPS) is 16.7. The number of rotatable bonds is 4. The number of hydrogen-bond donors (Lipinski definition) is 0. The van der Waals surface area contributed by atoms with Gasteiger partial charge < -0.3 is 9.80 Å². The second kappa shape index (κ2) is 8.50. The van der Waals surface area contributed by atoms with Crippen LogP contribution in [-0.4, -0.2) is 58.8 Å². The van der Waals surface area contributed by atoms with Crippen molar-refractivity contribution in [2.75, 3.05) is 27.2 Å². The van der Waals surface area contributed by atoms with Crippen LogP contribution in [-0.2, 0) is 11.2 Å². The molecule has 28 heavy (non-hydrogen) atoms. The highest BCUT2D eigenvalue weighted by Gasteiger charge is 2.28. The van der Waals surface area contributed by atoms with Gasteiger partial charge in [0, 0.05) is 55.6 Å². The Bertz CT molecular complexity index is 841. The van der Waals surface area contributed by atoms with E-state index in [1.807, 2.05) is 49.1 Å².